The molecule has 1 aromatic rings. The van der Waals surface area contributed by atoms with E-state index in [4.69, 9.17) is 4.74 Å². The van der Waals surface area contributed by atoms with E-state index in [0.29, 0.717) is 18.6 Å². The monoisotopic (exact) mass is 308 g/mol. The summed E-state index contributed by atoms with van der Waals surface area (Å²) in [6, 6.07) is 2.34. The maximum atomic E-state index is 12.0. The summed E-state index contributed by atoms with van der Waals surface area (Å²) in [7, 11) is 0. The second-order valence-electron chi connectivity index (χ2n) is 6.28. The first kappa shape index (κ1) is 14.9. The highest BCUT2D eigenvalue weighted by Gasteiger charge is 2.36. The first-order chi connectivity index (χ1) is 10.2. The third-order valence-corrected chi connectivity index (χ3v) is 5.18. The SMILES string of the molecule is CC(CNC(=O)NC1CCOC(C2CC2)C1)c1ccsc1. The van der Waals surface area contributed by atoms with Crippen molar-refractivity contribution < 1.29 is 9.53 Å². The van der Waals surface area contributed by atoms with Crippen molar-refractivity contribution in [3.8, 4) is 0 Å². The van der Waals surface area contributed by atoms with Crippen LogP contribution in [0.15, 0.2) is 16.8 Å². The lowest BCUT2D eigenvalue weighted by Gasteiger charge is -2.30. The first-order valence-electron chi connectivity index (χ1n) is 7.90. The Bertz CT molecular complexity index is 459. The molecule has 2 aliphatic rings. The highest BCUT2D eigenvalue weighted by molar-refractivity contribution is 7.07. The molecule has 21 heavy (non-hydrogen) atoms. The van der Waals surface area contributed by atoms with E-state index in [0.717, 1.165) is 25.4 Å². The minimum absolute atomic E-state index is 0.0430. The largest absolute Gasteiger partial charge is 0.378 e. The van der Waals surface area contributed by atoms with Gasteiger partial charge in [-0.1, -0.05) is 6.92 Å². The summed E-state index contributed by atoms with van der Waals surface area (Å²) in [5, 5.41) is 10.3. The van der Waals surface area contributed by atoms with Crippen LogP contribution in [0.1, 0.15) is 44.1 Å². The first-order valence-corrected chi connectivity index (χ1v) is 8.84. The molecule has 0 radical (unpaired) electrons. The Morgan fingerprint density at radius 1 is 1.48 bits per heavy atom. The molecular weight excluding hydrogens is 284 g/mol. The predicted molar refractivity (Wildman–Crippen MR) is 84.8 cm³/mol. The molecule has 2 amide bonds. The number of carbonyl (C=O) groups is 1. The van der Waals surface area contributed by atoms with Crippen LogP contribution in [0.3, 0.4) is 0 Å². The molecule has 2 heterocycles. The lowest BCUT2D eigenvalue weighted by atomic mass is 10.0. The second kappa shape index (κ2) is 6.79. The molecule has 1 aromatic heterocycles. The van der Waals surface area contributed by atoms with Crippen LogP contribution >= 0.6 is 11.3 Å². The Labute approximate surface area is 130 Å². The summed E-state index contributed by atoms with van der Waals surface area (Å²) in [6.45, 7) is 3.59. The van der Waals surface area contributed by atoms with Crippen LogP contribution in [0.4, 0.5) is 4.79 Å². The van der Waals surface area contributed by atoms with Crippen LogP contribution in [0.2, 0.25) is 0 Å². The number of urea groups is 1. The molecule has 3 atom stereocenters. The average molecular weight is 308 g/mol. The molecule has 0 bridgehead atoms. The van der Waals surface area contributed by atoms with Crippen LogP contribution in [0, 0.1) is 5.92 Å². The molecule has 0 spiro atoms. The molecule has 4 nitrogen and oxygen atoms in total. The van der Waals surface area contributed by atoms with Gasteiger partial charge in [-0.3, -0.25) is 0 Å². The van der Waals surface area contributed by atoms with Gasteiger partial charge in [-0.05, 0) is 59.9 Å². The zero-order valence-electron chi connectivity index (χ0n) is 12.5. The van der Waals surface area contributed by atoms with Gasteiger partial charge in [-0.25, -0.2) is 4.79 Å². The number of amides is 2. The lowest BCUT2D eigenvalue weighted by molar-refractivity contribution is -0.00914. The Morgan fingerprint density at radius 2 is 2.33 bits per heavy atom. The van der Waals surface area contributed by atoms with Gasteiger partial charge in [0, 0.05) is 19.2 Å². The molecular formula is C16H24N2O2S. The topological polar surface area (TPSA) is 50.4 Å². The summed E-state index contributed by atoms with van der Waals surface area (Å²) in [5.74, 6) is 1.10. The number of thiophene rings is 1. The fourth-order valence-electron chi connectivity index (χ4n) is 2.91. The van der Waals surface area contributed by atoms with E-state index in [9.17, 15) is 4.79 Å². The molecule has 3 unspecified atom stereocenters. The summed E-state index contributed by atoms with van der Waals surface area (Å²) < 4.78 is 5.79. The van der Waals surface area contributed by atoms with Gasteiger partial charge in [-0.15, -0.1) is 0 Å². The molecule has 2 N–H and O–H groups in total. The van der Waals surface area contributed by atoms with Crippen LogP contribution in [0.25, 0.3) is 0 Å². The van der Waals surface area contributed by atoms with E-state index < -0.39 is 0 Å². The Kier molecular flexibility index (Phi) is 4.80. The molecule has 1 saturated carbocycles. The van der Waals surface area contributed by atoms with Gasteiger partial charge < -0.3 is 15.4 Å². The van der Waals surface area contributed by atoms with E-state index in [1.165, 1.54) is 18.4 Å². The van der Waals surface area contributed by atoms with Crippen LogP contribution in [-0.2, 0) is 4.74 Å². The molecule has 1 aliphatic carbocycles. The normalized spacial score (nSPS) is 27.1. The predicted octanol–water partition coefficient (Wildman–Crippen LogP) is 3.11. The number of hydrogen-bond acceptors (Lipinski definition) is 3. The fraction of sp³-hybridized carbons (Fsp3) is 0.688. The Morgan fingerprint density at radius 3 is 3.05 bits per heavy atom. The van der Waals surface area contributed by atoms with Crippen molar-refractivity contribution in [3.05, 3.63) is 22.4 Å². The smallest absolute Gasteiger partial charge is 0.315 e. The zero-order chi connectivity index (χ0) is 14.7. The average Bonchev–Trinajstić information content (AvgIpc) is 3.20. The Balaban J connectivity index is 1.39. The molecule has 2 fully saturated rings. The maximum Gasteiger partial charge on any atom is 0.315 e. The van der Waals surface area contributed by atoms with Crippen molar-refractivity contribution in [2.45, 2.75) is 50.7 Å². The zero-order valence-corrected chi connectivity index (χ0v) is 13.3. The van der Waals surface area contributed by atoms with E-state index in [1.807, 2.05) is 0 Å². The highest BCUT2D eigenvalue weighted by atomic mass is 32.1. The standard InChI is InChI=1S/C16H24N2O2S/c1-11(13-5-7-21-10-13)9-17-16(19)18-14-4-6-20-15(8-14)12-2-3-12/h5,7,10-12,14-15H,2-4,6,8-9H2,1H3,(H2,17,18,19). The number of ether oxygens (including phenoxy) is 1. The summed E-state index contributed by atoms with van der Waals surface area (Å²) in [6.07, 6.45) is 4.85. The molecule has 116 valence electrons. The van der Waals surface area contributed by atoms with Gasteiger partial charge in [0.25, 0.3) is 0 Å². The van der Waals surface area contributed by atoms with Gasteiger partial charge in [0.05, 0.1) is 6.10 Å². The lowest BCUT2D eigenvalue weighted by Crippen LogP contribution is -2.47. The van der Waals surface area contributed by atoms with Gasteiger partial charge in [0.1, 0.15) is 0 Å². The van der Waals surface area contributed by atoms with Crippen molar-refractivity contribution >= 4 is 17.4 Å². The van der Waals surface area contributed by atoms with E-state index in [-0.39, 0.29) is 12.1 Å². The van der Waals surface area contributed by atoms with Crippen molar-refractivity contribution in [1.82, 2.24) is 10.6 Å². The molecule has 3 rings (SSSR count). The fourth-order valence-corrected chi connectivity index (χ4v) is 3.69. The molecule has 1 saturated heterocycles. The maximum absolute atomic E-state index is 12.0. The van der Waals surface area contributed by atoms with Crippen LogP contribution in [-0.4, -0.2) is 31.3 Å². The third-order valence-electron chi connectivity index (χ3n) is 4.48. The quantitative estimate of drug-likeness (QED) is 0.878. The minimum Gasteiger partial charge on any atom is -0.378 e. The second-order valence-corrected chi connectivity index (χ2v) is 7.06. The molecule has 0 aromatic carbocycles. The van der Waals surface area contributed by atoms with E-state index in [2.05, 4.69) is 34.4 Å². The Hall–Kier alpha value is -1.07. The molecule has 5 heteroatoms. The van der Waals surface area contributed by atoms with Crippen molar-refractivity contribution in [2.24, 2.45) is 5.92 Å². The van der Waals surface area contributed by atoms with Crippen molar-refractivity contribution in [2.75, 3.05) is 13.2 Å². The number of hydrogen-bond donors (Lipinski definition) is 2. The van der Waals surface area contributed by atoms with E-state index >= 15 is 0 Å². The van der Waals surface area contributed by atoms with Crippen LogP contribution < -0.4 is 10.6 Å². The summed E-state index contributed by atoms with van der Waals surface area (Å²) in [5.41, 5.74) is 1.29. The van der Waals surface area contributed by atoms with E-state index in [1.54, 1.807) is 11.3 Å². The van der Waals surface area contributed by atoms with Gasteiger partial charge >= 0.3 is 6.03 Å². The van der Waals surface area contributed by atoms with Crippen molar-refractivity contribution in [1.29, 1.82) is 0 Å². The van der Waals surface area contributed by atoms with Crippen molar-refractivity contribution in [3.63, 3.8) is 0 Å². The van der Waals surface area contributed by atoms with Gasteiger partial charge in [0.15, 0.2) is 0 Å². The number of carbonyl (C=O) groups excluding carboxylic acids is 1. The number of nitrogens with one attached hydrogen (secondary N) is 2. The molecule has 1 aliphatic heterocycles. The van der Waals surface area contributed by atoms with Gasteiger partial charge in [0.2, 0.25) is 0 Å². The summed E-state index contributed by atoms with van der Waals surface area (Å²) >= 11 is 1.70. The minimum atomic E-state index is -0.0430. The highest BCUT2D eigenvalue weighted by Crippen LogP contribution is 2.38. The van der Waals surface area contributed by atoms with Crippen LogP contribution in [0.5, 0.6) is 0 Å². The number of rotatable bonds is 5. The summed E-state index contributed by atoms with van der Waals surface area (Å²) in [4.78, 5) is 12.0. The van der Waals surface area contributed by atoms with Gasteiger partial charge in [-0.2, -0.15) is 11.3 Å². The third kappa shape index (κ3) is 4.20.